The van der Waals surface area contributed by atoms with Gasteiger partial charge in [-0.3, -0.25) is 9.59 Å². The van der Waals surface area contributed by atoms with Crippen LogP contribution in [0.2, 0.25) is 0 Å². The molecule has 2 aliphatic rings. The number of carbonyl (C=O) groups is 2. The summed E-state index contributed by atoms with van der Waals surface area (Å²) >= 11 is 1.62. The van der Waals surface area contributed by atoms with Crippen molar-refractivity contribution in [1.82, 2.24) is 9.47 Å². The van der Waals surface area contributed by atoms with E-state index in [-0.39, 0.29) is 22.8 Å². The number of aromatic nitrogens is 1. The molecule has 7 nitrogen and oxygen atoms in total. The van der Waals surface area contributed by atoms with Gasteiger partial charge in [-0.25, -0.2) is 4.79 Å². The molecule has 176 valence electrons. The first kappa shape index (κ1) is 23.3. The Kier molecular flexibility index (Phi) is 7.65. The molecular formula is C25H30N2O5S. The van der Waals surface area contributed by atoms with Gasteiger partial charge in [0.1, 0.15) is 11.3 Å². The smallest absolute Gasteiger partial charge is 0.343 e. The molecule has 0 radical (unpaired) electrons. The average molecular weight is 471 g/mol. The molecule has 0 saturated heterocycles. The topological polar surface area (TPSA) is 77.8 Å². The van der Waals surface area contributed by atoms with Crippen molar-refractivity contribution in [2.75, 3.05) is 26.8 Å². The summed E-state index contributed by atoms with van der Waals surface area (Å²) in [6.45, 7) is 1.59. The van der Waals surface area contributed by atoms with E-state index >= 15 is 0 Å². The Morgan fingerprint density at radius 3 is 2.76 bits per heavy atom. The number of nitrogens with zero attached hydrogens (tertiary/aromatic N) is 2. The summed E-state index contributed by atoms with van der Waals surface area (Å²) in [5.74, 6) is -0.201. The Morgan fingerprint density at radius 1 is 1.15 bits per heavy atom. The van der Waals surface area contributed by atoms with Crippen molar-refractivity contribution >= 4 is 23.2 Å². The van der Waals surface area contributed by atoms with E-state index in [1.807, 2.05) is 16.8 Å². The van der Waals surface area contributed by atoms with Crippen LogP contribution in [0.4, 0.5) is 0 Å². The van der Waals surface area contributed by atoms with Gasteiger partial charge in [0, 0.05) is 50.7 Å². The molecule has 0 bridgehead atoms. The highest BCUT2D eigenvalue weighted by atomic mass is 32.1. The number of fused-ring (bicyclic) bond motifs is 1. The van der Waals surface area contributed by atoms with Crippen molar-refractivity contribution < 1.29 is 19.1 Å². The lowest BCUT2D eigenvalue weighted by molar-refractivity contribution is -0.130. The van der Waals surface area contributed by atoms with Crippen LogP contribution in [-0.4, -0.2) is 48.1 Å². The molecule has 0 unspecified atom stereocenters. The highest BCUT2D eigenvalue weighted by Crippen LogP contribution is 2.25. The van der Waals surface area contributed by atoms with E-state index in [0.717, 1.165) is 24.8 Å². The summed E-state index contributed by atoms with van der Waals surface area (Å²) in [5, 5.41) is 4.05. The Bertz CT molecular complexity index is 1090. The third-order valence-electron chi connectivity index (χ3n) is 6.33. The fourth-order valence-electron chi connectivity index (χ4n) is 4.52. The number of pyridine rings is 1. The van der Waals surface area contributed by atoms with Gasteiger partial charge in [0.15, 0.2) is 0 Å². The summed E-state index contributed by atoms with van der Waals surface area (Å²) in [6, 6.07) is 3.39. The van der Waals surface area contributed by atoms with Crippen molar-refractivity contribution in [3.8, 4) is 5.75 Å². The monoisotopic (exact) mass is 470 g/mol. The number of hydrogen-bond acceptors (Lipinski definition) is 6. The lowest BCUT2D eigenvalue weighted by atomic mass is 9.97. The molecule has 0 fully saturated rings. The van der Waals surface area contributed by atoms with Crippen molar-refractivity contribution in [3.63, 3.8) is 0 Å². The molecule has 0 N–H and O–H groups in total. The fraction of sp³-hybridized carbons (Fsp3) is 0.480. The standard InChI is InChI=1S/C25H30N2O5S/c1-31-25(30)24-20-7-10-26(22(28)15-18-5-3-2-4-6-18)11-12-27(20)23(29)16-21(24)32-13-8-19-9-14-33-17-19/h5,9,14,16-17H,2-4,6-8,10-13,15H2,1H3. The number of ether oxygens (including phenoxy) is 2. The van der Waals surface area contributed by atoms with Gasteiger partial charge in [-0.05, 0) is 48.1 Å². The Morgan fingerprint density at radius 2 is 2.03 bits per heavy atom. The summed E-state index contributed by atoms with van der Waals surface area (Å²) < 4.78 is 12.5. The second-order valence-electron chi connectivity index (χ2n) is 8.46. The number of allylic oxidation sites excluding steroid dienone is 1. The van der Waals surface area contributed by atoms with E-state index < -0.39 is 5.97 Å². The first-order valence-corrected chi connectivity index (χ1v) is 12.5. The summed E-state index contributed by atoms with van der Waals surface area (Å²) in [5.41, 5.74) is 2.99. The van der Waals surface area contributed by atoms with Crippen LogP contribution < -0.4 is 10.3 Å². The predicted octanol–water partition coefficient (Wildman–Crippen LogP) is 3.59. The minimum Gasteiger partial charge on any atom is -0.492 e. The van der Waals surface area contributed by atoms with E-state index in [9.17, 15) is 14.4 Å². The fourth-order valence-corrected chi connectivity index (χ4v) is 5.22. The second kappa shape index (κ2) is 10.8. The van der Waals surface area contributed by atoms with Crippen molar-refractivity contribution in [3.05, 3.63) is 61.7 Å². The highest BCUT2D eigenvalue weighted by Gasteiger charge is 2.27. The number of methoxy groups -OCH3 is 1. The zero-order valence-corrected chi connectivity index (χ0v) is 19.8. The van der Waals surface area contributed by atoms with Crippen LogP contribution in [0.3, 0.4) is 0 Å². The minimum atomic E-state index is -0.531. The molecule has 4 rings (SSSR count). The Labute approximate surface area is 197 Å². The number of carbonyl (C=O) groups excluding carboxylic acids is 2. The van der Waals surface area contributed by atoms with E-state index in [1.54, 1.807) is 20.8 Å². The van der Waals surface area contributed by atoms with E-state index in [4.69, 9.17) is 9.47 Å². The Hall–Kier alpha value is -2.87. The SMILES string of the molecule is COC(=O)c1c(OCCc2ccsc2)cc(=O)n2c1CCN(C(=O)CC1=CCCCC1)CC2. The number of esters is 1. The molecule has 1 aliphatic carbocycles. The van der Waals surface area contributed by atoms with Gasteiger partial charge >= 0.3 is 5.97 Å². The third kappa shape index (κ3) is 5.55. The van der Waals surface area contributed by atoms with Crippen LogP contribution in [0.5, 0.6) is 5.75 Å². The van der Waals surface area contributed by atoms with E-state index in [2.05, 4.69) is 6.08 Å². The van der Waals surface area contributed by atoms with E-state index in [1.165, 1.54) is 25.2 Å². The molecule has 2 aromatic rings. The van der Waals surface area contributed by atoms with Gasteiger partial charge in [0.2, 0.25) is 5.91 Å². The molecule has 0 saturated carbocycles. The maximum atomic E-state index is 12.9. The molecule has 2 aromatic heterocycles. The molecule has 0 atom stereocenters. The molecule has 0 aromatic carbocycles. The first-order valence-electron chi connectivity index (χ1n) is 11.5. The zero-order chi connectivity index (χ0) is 23.2. The van der Waals surface area contributed by atoms with Crippen LogP contribution in [0.25, 0.3) is 0 Å². The predicted molar refractivity (Wildman–Crippen MR) is 127 cm³/mol. The largest absolute Gasteiger partial charge is 0.492 e. The maximum Gasteiger partial charge on any atom is 0.343 e. The lowest BCUT2D eigenvalue weighted by Crippen LogP contribution is -2.34. The van der Waals surface area contributed by atoms with Crippen molar-refractivity contribution in [2.45, 2.75) is 51.5 Å². The first-order chi connectivity index (χ1) is 16.1. The number of thiophene rings is 1. The normalized spacial score (nSPS) is 15.9. The molecule has 1 amide bonds. The van der Waals surface area contributed by atoms with Crippen LogP contribution >= 0.6 is 11.3 Å². The van der Waals surface area contributed by atoms with Crippen LogP contribution in [0, 0.1) is 0 Å². The maximum absolute atomic E-state index is 12.9. The van der Waals surface area contributed by atoms with Gasteiger partial charge < -0.3 is 18.9 Å². The number of hydrogen-bond donors (Lipinski definition) is 0. The average Bonchev–Trinajstić information content (AvgIpc) is 3.23. The second-order valence-corrected chi connectivity index (χ2v) is 9.24. The van der Waals surface area contributed by atoms with E-state index in [0.29, 0.717) is 51.2 Å². The molecule has 33 heavy (non-hydrogen) atoms. The van der Waals surface area contributed by atoms with Gasteiger partial charge in [0.25, 0.3) is 5.56 Å². The van der Waals surface area contributed by atoms with Crippen molar-refractivity contribution in [2.24, 2.45) is 0 Å². The minimum absolute atomic E-state index is 0.0795. The Balaban J connectivity index is 1.53. The van der Waals surface area contributed by atoms with Crippen LogP contribution in [0.15, 0.2) is 39.3 Å². The highest BCUT2D eigenvalue weighted by molar-refractivity contribution is 7.07. The molecule has 8 heteroatoms. The van der Waals surface area contributed by atoms with Gasteiger partial charge in [-0.15, -0.1) is 0 Å². The van der Waals surface area contributed by atoms with Gasteiger partial charge in [-0.2, -0.15) is 11.3 Å². The zero-order valence-electron chi connectivity index (χ0n) is 19.0. The molecule has 0 spiro atoms. The van der Waals surface area contributed by atoms with Gasteiger partial charge in [0.05, 0.1) is 13.7 Å². The summed E-state index contributed by atoms with van der Waals surface area (Å²) in [4.78, 5) is 40.3. The van der Waals surface area contributed by atoms with Crippen LogP contribution in [-0.2, 0) is 28.9 Å². The van der Waals surface area contributed by atoms with Crippen LogP contribution in [0.1, 0.15) is 53.7 Å². The van der Waals surface area contributed by atoms with Gasteiger partial charge in [-0.1, -0.05) is 11.6 Å². The molecule has 3 heterocycles. The van der Waals surface area contributed by atoms with Crippen molar-refractivity contribution in [1.29, 1.82) is 0 Å². The lowest BCUT2D eigenvalue weighted by Gasteiger charge is -2.21. The third-order valence-corrected chi connectivity index (χ3v) is 7.06. The number of rotatable bonds is 7. The summed E-state index contributed by atoms with van der Waals surface area (Å²) in [6.07, 6.45) is 8.05. The molecule has 1 aliphatic heterocycles. The number of amides is 1. The summed E-state index contributed by atoms with van der Waals surface area (Å²) in [7, 11) is 1.32. The molecular weight excluding hydrogens is 440 g/mol. The quantitative estimate of drug-likeness (QED) is 0.457.